The molecule has 2 fully saturated rings. The summed E-state index contributed by atoms with van der Waals surface area (Å²) in [5.41, 5.74) is 5.90. The van der Waals surface area contributed by atoms with Gasteiger partial charge in [-0.2, -0.15) is 0 Å². The third kappa shape index (κ3) is 2.82. The maximum atomic E-state index is 12.5. The van der Waals surface area contributed by atoms with Gasteiger partial charge in [-0.3, -0.25) is 4.79 Å². The summed E-state index contributed by atoms with van der Waals surface area (Å²) in [6, 6.07) is 0.753. The highest BCUT2D eigenvalue weighted by Crippen LogP contribution is 2.29. The number of hydrogen-bond acceptors (Lipinski definition) is 2. The van der Waals surface area contributed by atoms with E-state index in [1.807, 2.05) is 0 Å². The second-order valence-electron chi connectivity index (χ2n) is 6.00. The average Bonchev–Trinajstić information content (AvgIpc) is 2.33. The molecule has 3 nitrogen and oxygen atoms in total. The first-order valence-electron chi connectivity index (χ1n) is 7.15. The van der Waals surface area contributed by atoms with Gasteiger partial charge < -0.3 is 10.6 Å². The number of hydrogen-bond donors (Lipinski definition) is 1. The lowest BCUT2D eigenvalue weighted by atomic mass is 9.84. The molecule has 2 atom stereocenters. The monoisotopic (exact) mass is 238 g/mol. The predicted molar refractivity (Wildman–Crippen MR) is 69.5 cm³/mol. The fourth-order valence-corrected chi connectivity index (χ4v) is 3.25. The molecule has 2 rings (SSSR count). The van der Waals surface area contributed by atoms with Crippen LogP contribution in [-0.4, -0.2) is 29.4 Å². The Labute approximate surface area is 105 Å². The molecule has 0 aromatic heterocycles. The normalized spacial score (nSPS) is 39.1. The molecule has 2 unspecified atom stereocenters. The Hall–Kier alpha value is -0.570. The van der Waals surface area contributed by atoms with Gasteiger partial charge in [0.25, 0.3) is 0 Å². The molecule has 1 saturated carbocycles. The second kappa shape index (κ2) is 5.38. The van der Waals surface area contributed by atoms with E-state index in [1.165, 1.54) is 12.8 Å². The van der Waals surface area contributed by atoms with Crippen molar-refractivity contribution in [3.8, 4) is 0 Å². The zero-order valence-corrected chi connectivity index (χ0v) is 11.2. The van der Waals surface area contributed by atoms with Crippen LogP contribution in [0.4, 0.5) is 0 Å². The standard InChI is InChI=1S/C14H26N2O/c1-10-4-3-9-16(11(10)2)14(17)12-5-7-13(15)8-6-12/h10-13H,3-9,15H2,1-2H3. The van der Waals surface area contributed by atoms with Gasteiger partial charge in [-0.1, -0.05) is 6.92 Å². The molecule has 2 N–H and O–H groups in total. The van der Waals surface area contributed by atoms with Gasteiger partial charge in [0.1, 0.15) is 0 Å². The van der Waals surface area contributed by atoms with Crippen LogP contribution in [0.3, 0.4) is 0 Å². The summed E-state index contributed by atoms with van der Waals surface area (Å²) in [7, 11) is 0. The lowest BCUT2D eigenvalue weighted by molar-refractivity contribution is -0.141. The molecule has 0 bridgehead atoms. The second-order valence-corrected chi connectivity index (χ2v) is 6.00. The third-order valence-electron chi connectivity index (χ3n) is 4.78. The Morgan fingerprint density at radius 3 is 2.41 bits per heavy atom. The third-order valence-corrected chi connectivity index (χ3v) is 4.78. The van der Waals surface area contributed by atoms with E-state index in [1.54, 1.807) is 0 Å². The molecule has 1 amide bonds. The van der Waals surface area contributed by atoms with E-state index in [0.29, 0.717) is 23.9 Å². The highest BCUT2D eigenvalue weighted by atomic mass is 16.2. The first-order chi connectivity index (χ1) is 8.09. The Balaban J connectivity index is 1.94. The van der Waals surface area contributed by atoms with Gasteiger partial charge in [0.2, 0.25) is 5.91 Å². The summed E-state index contributed by atoms with van der Waals surface area (Å²) < 4.78 is 0. The molecule has 1 heterocycles. The molecule has 17 heavy (non-hydrogen) atoms. The number of likely N-dealkylation sites (tertiary alicyclic amines) is 1. The molecule has 0 spiro atoms. The number of carbonyl (C=O) groups is 1. The minimum atomic E-state index is 0.252. The molecule has 1 aliphatic heterocycles. The van der Waals surface area contributed by atoms with E-state index in [2.05, 4.69) is 18.7 Å². The van der Waals surface area contributed by atoms with E-state index in [0.717, 1.165) is 32.2 Å². The van der Waals surface area contributed by atoms with Gasteiger partial charge in [0.15, 0.2) is 0 Å². The van der Waals surface area contributed by atoms with Crippen LogP contribution in [0.1, 0.15) is 52.4 Å². The highest BCUT2D eigenvalue weighted by Gasteiger charge is 2.33. The van der Waals surface area contributed by atoms with E-state index < -0.39 is 0 Å². The van der Waals surface area contributed by atoms with Crippen molar-refractivity contribution in [3.63, 3.8) is 0 Å². The van der Waals surface area contributed by atoms with Crippen LogP contribution >= 0.6 is 0 Å². The van der Waals surface area contributed by atoms with Gasteiger partial charge in [0, 0.05) is 24.5 Å². The zero-order chi connectivity index (χ0) is 12.4. The lowest BCUT2D eigenvalue weighted by Crippen LogP contribution is -2.49. The van der Waals surface area contributed by atoms with Crippen LogP contribution in [0.2, 0.25) is 0 Å². The summed E-state index contributed by atoms with van der Waals surface area (Å²) in [5, 5.41) is 0. The van der Waals surface area contributed by atoms with Crippen LogP contribution in [0.5, 0.6) is 0 Å². The number of nitrogens with zero attached hydrogens (tertiary/aromatic N) is 1. The molecule has 0 aromatic carbocycles. The number of nitrogens with two attached hydrogens (primary N) is 1. The maximum absolute atomic E-state index is 12.5. The fourth-order valence-electron chi connectivity index (χ4n) is 3.25. The number of piperidine rings is 1. The maximum Gasteiger partial charge on any atom is 0.225 e. The first kappa shape index (κ1) is 12.9. The van der Waals surface area contributed by atoms with E-state index in [-0.39, 0.29) is 5.92 Å². The van der Waals surface area contributed by atoms with Crippen molar-refractivity contribution in [2.24, 2.45) is 17.6 Å². The predicted octanol–water partition coefficient (Wildman–Crippen LogP) is 2.15. The molecular weight excluding hydrogens is 212 g/mol. The SMILES string of the molecule is CC1CCCN(C(=O)C2CCC(N)CC2)C1C. The largest absolute Gasteiger partial charge is 0.339 e. The summed E-state index contributed by atoms with van der Waals surface area (Å²) in [6.45, 7) is 5.43. The summed E-state index contributed by atoms with van der Waals surface area (Å²) >= 11 is 0. The topological polar surface area (TPSA) is 46.3 Å². The van der Waals surface area contributed by atoms with Crippen LogP contribution in [0, 0.1) is 11.8 Å². The van der Waals surface area contributed by atoms with E-state index in [4.69, 9.17) is 5.73 Å². The molecule has 2 aliphatic rings. The van der Waals surface area contributed by atoms with Gasteiger partial charge in [-0.15, -0.1) is 0 Å². The summed E-state index contributed by atoms with van der Waals surface area (Å²) in [6.07, 6.45) is 6.47. The minimum absolute atomic E-state index is 0.252. The van der Waals surface area contributed by atoms with Crippen LogP contribution in [0.15, 0.2) is 0 Å². The van der Waals surface area contributed by atoms with Crippen LogP contribution < -0.4 is 5.73 Å². The van der Waals surface area contributed by atoms with Crippen molar-refractivity contribution in [3.05, 3.63) is 0 Å². The lowest BCUT2D eigenvalue weighted by Gasteiger charge is -2.40. The average molecular weight is 238 g/mol. The summed E-state index contributed by atoms with van der Waals surface area (Å²) in [5.74, 6) is 1.30. The van der Waals surface area contributed by atoms with E-state index >= 15 is 0 Å². The van der Waals surface area contributed by atoms with Crippen molar-refractivity contribution in [1.29, 1.82) is 0 Å². The van der Waals surface area contributed by atoms with Gasteiger partial charge in [-0.05, 0) is 51.4 Å². The Kier molecular flexibility index (Phi) is 4.08. The molecule has 3 heteroatoms. The van der Waals surface area contributed by atoms with Gasteiger partial charge >= 0.3 is 0 Å². The quantitative estimate of drug-likeness (QED) is 0.761. The Morgan fingerprint density at radius 1 is 1.12 bits per heavy atom. The smallest absolute Gasteiger partial charge is 0.225 e. The van der Waals surface area contributed by atoms with E-state index in [9.17, 15) is 4.79 Å². The molecular formula is C14H26N2O. The summed E-state index contributed by atoms with van der Waals surface area (Å²) in [4.78, 5) is 14.6. The first-order valence-corrected chi connectivity index (χ1v) is 7.15. The highest BCUT2D eigenvalue weighted by molar-refractivity contribution is 5.79. The molecule has 0 aromatic rings. The van der Waals surface area contributed by atoms with Crippen LogP contribution in [0.25, 0.3) is 0 Å². The minimum Gasteiger partial charge on any atom is -0.339 e. The molecule has 1 aliphatic carbocycles. The van der Waals surface area contributed by atoms with Crippen molar-refractivity contribution in [2.75, 3.05) is 6.54 Å². The van der Waals surface area contributed by atoms with Gasteiger partial charge in [0.05, 0.1) is 0 Å². The number of carbonyl (C=O) groups excluding carboxylic acids is 1. The molecule has 98 valence electrons. The number of amides is 1. The number of rotatable bonds is 1. The van der Waals surface area contributed by atoms with Crippen molar-refractivity contribution >= 4 is 5.91 Å². The Bertz CT molecular complexity index is 271. The van der Waals surface area contributed by atoms with Crippen molar-refractivity contribution in [2.45, 2.75) is 64.5 Å². The Morgan fingerprint density at radius 2 is 1.76 bits per heavy atom. The zero-order valence-electron chi connectivity index (χ0n) is 11.2. The van der Waals surface area contributed by atoms with Crippen LogP contribution in [-0.2, 0) is 4.79 Å². The molecule has 1 saturated heterocycles. The van der Waals surface area contributed by atoms with Gasteiger partial charge in [-0.25, -0.2) is 0 Å². The van der Waals surface area contributed by atoms with Crippen molar-refractivity contribution in [1.82, 2.24) is 4.90 Å². The van der Waals surface area contributed by atoms with Crippen molar-refractivity contribution < 1.29 is 4.79 Å². The fraction of sp³-hybridized carbons (Fsp3) is 0.929. The molecule has 0 radical (unpaired) electrons.